The monoisotopic (exact) mass is 370 g/mol. The Morgan fingerprint density at radius 2 is 1.96 bits per heavy atom. The van der Waals surface area contributed by atoms with Crippen molar-refractivity contribution < 1.29 is 23.0 Å². The van der Waals surface area contributed by atoms with Crippen LogP contribution < -0.4 is 14.8 Å². The van der Waals surface area contributed by atoms with Crippen LogP contribution in [0.4, 0.5) is 14.5 Å². The molecule has 0 spiro atoms. The lowest BCUT2D eigenvalue weighted by Gasteiger charge is -2.10. The van der Waals surface area contributed by atoms with E-state index in [4.69, 9.17) is 4.74 Å². The van der Waals surface area contributed by atoms with E-state index < -0.39 is 6.61 Å². The van der Waals surface area contributed by atoms with Gasteiger partial charge in [-0.15, -0.1) is 0 Å². The number of benzene rings is 2. The normalized spacial score (nSPS) is 11.1. The Labute approximate surface area is 154 Å². The lowest BCUT2D eigenvalue weighted by Crippen LogP contribution is -2.08. The van der Waals surface area contributed by atoms with Gasteiger partial charge < -0.3 is 14.8 Å². The highest BCUT2D eigenvalue weighted by molar-refractivity contribution is 6.06. The summed E-state index contributed by atoms with van der Waals surface area (Å²) in [6, 6.07) is 13.6. The van der Waals surface area contributed by atoms with Crippen LogP contribution in [-0.2, 0) is 4.79 Å². The number of nitrogens with zero attached hydrogens (tertiary/aromatic N) is 1. The zero-order chi connectivity index (χ0) is 19.2. The minimum absolute atomic E-state index is 0.0732. The van der Waals surface area contributed by atoms with E-state index in [0.717, 1.165) is 5.39 Å². The molecule has 3 aromatic rings. The first-order chi connectivity index (χ1) is 13.1. The second kappa shape index (κ2) is 8.27. The molecule has 2 aromatic carbocycles. The maximum absolute atomic E-state index is 12.4. The van der Waals surface area contributed by atoms with Crippen molar-refractivity contribution in [2.24, 2.45) is 0 Å². The molecule has 138 valence electrons. The second-order valence-corrected chi connectivity index (χ2v) is 5.49. The van der Waals surface area contributed by atoms with Crippen LogP contribution in [0.25, 0.3) is 17.0 Å². The molecule has 3 rings (SSSR count). The molecule has 0 aliphatic heterocycles. The maximum Gasteiger partial charge on any atom is 0.387 e. The SMILES string of the molecule is COc1cc(/C=C/C(=O)Nc2cccc3cccnc23)ccc1OC(F)F. The molecule has 0 saturated carbocycles. The number of halogens is 2. The third kappa shape index (κ3) is 4.58. The van der Waals surface area contributed by atoms with Gasteiger partial charge in [-0.2, -0.15) is 8.78 Å². The molecule has 0 atom stereocenters. The predicted octanol–water partition coefficient (Wildman–Crippen LogP) is 4.50. The molecule has 0 aliphatic carbocycles. The van der Waals surface area contributed by atoms with Crippen molar-refractivity contribution in [2.75, 3.05) is 12.4 Å². The number of fused-ring (bicyclic) bond motifs is 1. The fourth-order valence-corrected chi connectivity index (χ4v) is 2.53. The third-order valence-electron chi connectivity index (χ3n) is 3.72. The number of carbonyl (C=O) groups is 1. The van der Waals surface area contributed by atoms with Gasteiger partial charge in [-0.05, 0) is 35.9 Å². The molecular weight excluding hydrogens is 354 g/mol. The van der Waals surface area contributed by atoms with Gasteiger partial charge in [-0.25, -0.2) is 0 Å². The minimum Gasteiger partial charge on any atom is -0.493 e. The first-order valence-corrected chi connectivity index (χ1v) is 8.02. The number of ether oxygens (including phenoxy) is 2. The van der Waals surface area contributed by atoms with Gasteiger partial charge in [0.1, 0.15) is 0 Å². The fourth-order valence-electron chi connectivity index (χ4n) is 2.53. The number of carbonyl (C=O) groups excluding carboxylic acids is 1. The minimum atomic E-state index is -2.94. The molecule has 5 nitrogen and oxygen atoms in total. The molecule has 27 heavy (non-hydrogen) atoms. The number of hydrogen-bond donors (Lipinski definition) is 1. The molecule has 7 heteroatoms. The van der Waals surface area contributed by atoms with Crippen molar-refractivity contribution in [3.05, 3.63) is 66.4 Å². The van der Waals surface area contributed by atoms with E-state index in [1.165, 1.54) is 25.3 Å². The summed E-state index contributed by atoms with van der Waals surface area (Å²) in [7, 11) is 1.35. The van der Waals surface area contributed by atoms with Gasteiger partial charge in [-0.3, -0.25) is 9.78 Å². The van der Waals surface area contributed by atoms with Crippen molar-refractivity contribution in [3.8, 4) is 11.5 Å². The van der Waals surface area contributed by atoms with Gasteiger partial charge in [0.15, 0.2) is 11.5 Å². The number of amides is 1. The van der Waals surface area contributed by atoms with Crippen LogP contribution in [0.3, 0.4) is 0 Å². The Kier molecular flexibility index (Phi) is 5.61. The van der Waals surface area contributed by atoms with Crippen molar-refractivity contribution in [1.29, 1.82) is 0 Å². The summed E-state index contributed by atoms with van der Waals surface area (Å²) in [6.45, 7) is -2.94. The standard InChI is InChI=1S/C20H16F2N2O3/c1-26-17-12-13(7-9-16(17)27-20(21)22)8-10-18(25)24-15-6-2-4-14-5-3-11-23-19(14)15/h2-12,20H,1H3,(H,24,25)/b10-8+. The van der Waals surface area contributed by atoms with Crippen molar-refractivity contribution >= 4 is 28.6 Å². The molecule has 1 amide bonds. The summed E-state index contributed by atoms with van der Waals surface area (Å²) in [6.07, 6.45) is 4.54. The number of rotatable bonds is 6. The number of nitrogens with one attached hydrogen (secondary N) is 1. The molecule has 0 unspecified atom stereocenters. The van der Waals surface area contributed by atoms with E-state index in [-0.39, 0.29) is 17.4 Å². The molecule has 1 aromatic heterocycles. The predicted molar refractivity (Wildman–Crippen MR) is 99.0 cm³/mol. The average Bonchev–Trinajstić information content (AvgIpc) is 2.67. The number of alkyl halides is 2. The topological polar surface area (TPSA) is 60.5 Å². The Morgan fingerprint density at radius 1 is 1.15 bits per heavy atom. The number of para-hydroxylation sites is 1. The van der Waals surface area contributed by atoms with Gasteiger partial charge in [-0.1, -0.05) is 24.3 Å². The fraction of sp³-hybridized carbons (Fsp3) is 0.100. The van der Waals surface area contributed by atoms with Crippen molar-refractivity contribution in [2.45, 2.75) is 6.61 Å². The van der Waals surface area contributed by atoms with E-state index in [9.17, 15) is 13.6 Å². The van der Waals surface area contributed by atoms with Crippen LogP contribution in [0.15, 0.2) is 60.8 Å². The maximum atomic E-state index is 12.4. The summed E-state index contributed by atoms with van der Waals surface area (Å²) in [5.74, 6) is -0.271. The van der Waals surface area contributed by atoms with Crippen LogP contribution in [0.1, 0.15) is 5.56 Å². The van der Waals surface area contributed by atoms with Crippen molar-refractivity contribution in [3.63, 3.8) is 0 Å². The van der Waals surface area contributed by atoms with E-state index in [1.54, 1.807) is 24.4 Å². The summed E-state index contributed by atoms with van der Waals surface area (Å²) in [5.41, 5.74) is 1.89. The van der Waals surface area contributed by atoms with Gasteiger partial charge in [0.25, 0.3) is 0 Å². The lowest BCUT2D eigenvalue weighted by molar-refractivity contribution is -0.111. The molecular formula is C20H16F2N2O3. The van der Waals surface area contributed by atoms with Crippen LogP contribution in [0.5, 0.6) is 11.5 Å². The Bertz CT molecular complexity index is 985. The molecule has 0 aliphatic rings. The first kappa shape index (κ1) is 18.3. The quantitative estimate of drug-likeness (QED) is 0.649. The highest BCUT2D eigenvalue weighted by Crippen LogP contribution is 2.30. The molecule has 1 heterocycles. The van der Waals surface area contributed by atoms with E-state index in [1.807, 2.05) is 24.3 Å². The summed E-state index contributed by atoms with van der Waals surface area (Å²) in [4.78, 5) is 16.5. The molecule has 0 fully saturated rings. The summed E-state index contributed by atoms with van der Waals surface area (Å²) < 4.78 is 34.1. The summed E-state index contributed by atoms with van der Waals surface area (Å²) in [5, 5.41) is 3.69. The number of methoxy groups -OCH3 is 1. The highest BCUT2D eigenvalue weighted by atomic mass is 19.3. The largest absolute Gasteiger partial charge is 0.493 e. The zero-order valence-corrected chi connectivity index (χ0v) is 14.4. The first-order valence-electron chi connectivity index (χ1n) is 8.02. The van der Waals surface area contributed by atoms with Gasteiger partial charge in [0, 0.05) is 17.7 Å². The smallest absolute Gasteiger partial charge is 0.387 e. The second-order valence-electron chi connectivity index (χ2n) is 5.49. The van der Waals surface area contributed by atoms with Gasteiger partial charge >= 0.3 is 6.61 Å². The van der Waals surface area contributed by atoms with E-state index >= 15 is 0 Å². The number of anilines is 1. The molecule has 0 saturated heterocycles. The highest BCUT2D eigenvalue weighted by Gasteiger charge is 2.10. The molecule has 0 bridgehead atoms. The van der Waals surface area contributed by atoms with E-state index in [2.05, 4.69) is 15.0 Å². The molecule has 0 radical (unpaired) electrons. The average molecular weight is 370 g/mol. The Morgan fingerprint density at radius 3 is 2.74 bits per heavy atom. The number of aromatic nitrogens is 1. The van der Waals surface area contributed by atoms with Crippen LogP contribution in [0, 0.1) is 0 Å². The third-order valence-corrected chi connectivity index (χ3v) is 3.72. The number of hydrogen-bond acceptors (Lipinski definition) is 4. The Balaban J connectivity index is 1.74. The van der Waals surface area contributed by atoms with Gasteiger partial charge in [0.05, 0.1) is 18.3 Å². The van der Waals surface area contributed by atoms with Crippen LogP contribution in [0.2, 0.25) is 0 Å². The molecule has 1 N–H and O–H groups in total. The van der Waals surface area contributed by atoms with E-state index in [0.29, 0.717) is 16.8 Å². The lowest BCUT2D eigenvalue weighted by atomic mass is 10.1. The zero-order valence-electron chi connectivity index (χ0n) is 14.4. The van der Waals surface area contributed by atoms with Crippen LogP contribution in [-0.4, -0.2) is 24.6 Å². The Hall–Kier alpha value is -3.48. The number of pyridine rings is 1. The summed E-state index contributed by atoms with van der Waals surface area (Å²) >= 11 is 0. The van der Waals surface area contributed by atoms with Crippen LogP contribution >= 0.6 is 0 Å². The van der Waals surface area contributed by atoms with Crippen molar-refractivity contribution in [1.82, 2.24) is 4.98 Å². The van der Waals surface area contributed by atoms with Gasteiger partial charge in [0.2, 0.25) is 5.91 Å².